The number of hydrogen-bond donors (Lipinski definition) is 4. The van der Waals surface area contributed by atoms with E-state index in [1.54, 1.807) is 18.6 Å². The maximum atomic E-state index is 11.4. The van der Waals surface area contributed by atoms with Crippen molar-refractivity contribution in [2.75, 3.05) is 0 Å². The van der Waals surface area contributed by atoms with Gasteiger partial charge in [-0.25, -0.2) is 9.52 Å². The van der Waals surface area contributed by atoms with Crippen LogP contribution in [0.3, 0.4) is 0 Å². The Morgan fingerprint density at radius 2 is 1.94 bits per heavy atom. The highest BCUT2D eigenvalue weighted by atomic mass is 32.2. The Kier molecular flexibility index (Phi) is 5.89. The van der Waals surface area contributed by atoms with E-state index in [9.17, 15) is 13.2 Å². The zero-order valence-corrected chi connectivity index (χ0v) is 10.8. The lowest BCUT2D eigenvalue weighted by Crippen LogP contribution is -2.45. The lowest BCUT2D eigenvalue weighted by molar-refractivity contribution is 0.121. The number of ether oxygens (including phenoxy) is 1. The third kappa shape index (κ3) is 8.46. The smallest absolute Gasteiger partial charge is 0.422 e. The van der Waals surface area contributed by atoms with Crippen LogP contribution >= 0.6 is 0 Å². The normalized spacial score (nSPS) is 13.2. The van der Waals surface area contributed by atoms with Crippen molar-refractivity contribution in [1.29, 1.82) is 5.41 Å². The highest BCUT2D eigenvalue weighted by Gasteiger charge is 2.19. The number of nitrogens with one attached hydrogen (secondary N) is 3. The number of carbonyl (C=O) groups excluding carboxylic acids is 1. The monoisotopic (exact) mass is 266 g/mol. The summed E-state index contributed by atoms with van der Waals surface area (Å²) in [4.78, 5) is 11.1. The summed E-state index contributed by atoms with van der Waals surface area (Å²) in [6.45, 7) is 4.71. The van der Waals surface area contributed by atoms with E-state index in [0.717, 1.165) is 0 Å². The fourth-order valence-corrected chi connectivity index (χ4v) is 1.95. The van der Waals surface area contributed by atoms with Crippen molar-refractivity contribution in [1.82, 2.24) is 9.44 Å². The van der Waals surface area contributed by atoms with Crippen LogP contribution in [-0.4, -0.2) is 32.5 Å². The summed E-state index contributed by atoms with van der Waals surface area (Å²) in [5.74, 6) is -0.148. The Bertz CT molecular complexity index is 379. The van der Waals surface area contributed by atoms with Crippen molar-refractivity contribution in [3.8, 4) is 0 Å². The molecule has 0 aliphatic heterocycles. The zero-order valence-electron chi connectivity index (χ0n) is 9.98. The number of carbonyl (C=O) groups is 1. The fourth-order valence-electron chi connectivity index (χ4n) is 1.01. The van der Waals surface area contributed by atoms with E-state index in [0.29, 0.717) is 0 Å². The topological polar surface area (TPSA) is 134 Å². The average Bonchev–Trinajstić information content (AvgIpc) is 1.95. The lowest BCUT2D eigenvalue weighted by Gasteiger charge is -2.14. The van der Waals surface area contributed by atoms with Gasteiger partial charge in [0.2, 0.25) is 0 Å². The van der Waals surface area contributed by atoms with Crippen LogP contribution in [0.15, 0.2) is 0 Å². The molecule has 17 heavy (non-hydrogen) atoms. The van der Waals surface area contributed by atoms with Crippen molar-refractivity contribution < 1.29 is 17.9 Å². The molecule has 1 atom stereocenters. The first-order chi connectivity index (χ1) is 7.62. The molecule has 100 valence electrons. The summed E-state index contributed by atoms with van der Waals surface area (Å²) in [5.41, 5.74) is 5.12. The molecule has 9 heteroatoms. The first kappa shape index (κ1) is 15.7. The second-order valence-electron chi connectivity index (χ2n) is 3.81. The van der Waals surface area contributed by atoms with Gasteiger partial charge in [-0.05, 0) is 20.8 Å². The predicted octanol–water partition coefficient (Wildman–Crippen LogP) is -0.330. The molecule has 0 aromatic rings. The van der Waals surface area contributed by atoms with Crippen molar-refractivity contribution in [3.63, 3.8) is 0 Å². The standard InChI is InChI=1S/C8H18N4O4S/c1-5(2)16-8(13)12-17(14,15)11-6(3)4-7(9)10/h5-6,11H,4H2,1-3H3,(H3,9,10)(H,12,13). The average molecular weight is 266 g/mol. The van der Waals surface area contributed by atoms with Crippen LogP contribution < -0.4 is 15.2 Å². The number of amidine groups is 1. The zero-order chi connectivity index (χ0) is 13.6. The molecule has 0 aromatic carbocycles. The molecule has 0 spiro atoms. The van der Waals surface area contributed by atoms with Crippen LogP contribution in [0.1, 0.15) is 27.2 Å². The Hall–Kier alpha value is -1.35. The predicted molar refractivity (Wildman–Crippen MR) is 62.8 cm³/mol. The Labute approximate surface area is 101 Å². The molecule has 1 unspecified atom stereocenters. The summed E-state index contributed by atoms with van der Waals surface area (Å²) < 4.78 is 31.2. The van der Waals surface area contributed by atoms with Crippen LogP contribution in [0, 0.1) is 5.41 Å². The molecule has 0 radical (unpaired) electrons. The third-order valence-corrected chi connectivity index (χ3v) is 2.59. The molecule has 1 amide bonds. The van der Waals surface area contributed by atoms with Crippen LogP contribution in [0.2, 0.25) is 0 Å². The van der Waals surface area contributed by atoms with Gasteiger partial charge in [-0.3, -0.25) is 5.41 Å². The molecule has 5 N–H and O–H groups in total. The van der Waals surface area contributed by atoms with E-state index < -0.39 is 28.4 Å². The first-order valence-corrected chi connectivity index (χ1v) is 6.44. The number of amides is 1. The summed E-state index contributed by atoms with van der Waals surface area (Å²) in [6.07, 6.45) is -1.41. The van der Waals surface area contributed by atoms with Gasteiger partial charge in [-0.1, -0.05) is 0 Å². The summed E-state index contributed by atoms with van der Waals surface area (Å²) in [5, 5.41) is 7.00. The Morgan fingerprint density at radius 3 is 2.35 bits per heavy atom. The molecule has 0 aromatic heterocycles. The minimum Gasteiger partial charge on any atom is -0.446 e. The number of nitrogens with two attached hydrogens (primary N) is 1. The SMILES string of the molecule is CC(CC(=N)N)NS(=O)(=O)NC(=O)OC(C)C. The van der Waals surface area contributed by atoms with Gasteiger partial charge in [-0.15, -0.1) is 0 Å². The third-order valence-electron chi connectivity index (χ3n) is 1.44. The van der Waals surface area contributed by atoms with E-state index in [2.05, 4.69) is 9.46 Å². The highest BCUT2D eigenvalue weighted by molar-refractivity contribution is 7.88. The molecule has 0 rings (SSSR count). The van der Waals surface area contributed by atoms with Crippen molar-refractivity contribution in [2.24, 2.45) is 5.73 Å². The van der Waals surface area contributed by atoms with Gasteiger partial charge in [0.15, 0.2) is 0 Å². The lowest BCUT2D eigenvalue weighted by atomic mass is 10.2. The molecule has 0 aliphatic rings. The van der Waals surface area contributed by atoms with Crippen LogP contribution in [0.4, 0.5) is 4.79 Å². The van der Waals surface area contributed by atoms with Gasteiger partial charge < -0.3 is 10.5 Å². The Morgan fingerprint density at radius 1 is 1.41 bits per heavy atom. The van der Waals surface area contributed by atoms with Crippen LogP contribution in [-0.2, 0) is 14.9 Å². The second kappa shape index (κ2) is 6.40. The highest BCUT2D eigenvalue weighted by Crippen LogP contribution is 1.94. The van der Waals surface area contributed by atoms with Gasteiger partial charge in [0, 0.05) is 12.5 Å². The van der Waals surface area contributed by atoms with E-state index in [-0.39, 0.29) is 12.3 Å². The largest absolute Gasteiger partial charge is 0.446 e. The minimum atomic E-state index is -4.00. The molecule has 0 aliphatic carbocycles. The molecule has 0 saturated carbocycles. The van der Waals surface area contributed by atoms with Crippen molar-refractivity contribution in [3.05, 3.63) is 0 Å². The molecule has 0 fully saturated rings. The summed E-state index contributed by atoms with van der Waals surface area (Å²) in [7, 11) is -4.00. The van der Waals surface area contributed by atoms with Crippen LogP contribution in [0.25, 0.3) is 0 Å². The van der Waals surface area contributed by atoms with E-state index >= 15 is 0 Å². The van der Waals surface area contributed by atoms with E-state index in [1.807, 2.05) is 0 Å². The second-order valence-corrected chi connectivity index (χ2v) is 5.25. The number of rotatable bonds is 6. The maximum absolute atomic E-state index is 11.4. The minimum absolute atomic E-state index is 0.0557. The molecule has 0 heterocycles. The Balaban J connectivity index is 4.30. The number of hydrogen-bond acceptors (Lipinski definition) is 5. The van der Waals surface area contributed by atoms with Gasteiger partial charge >= 0.3 is 16.3 Å². The van der Waals surface area contributed by atoms with Crippen LogP contribution in [0.5, 0.6) is 0 Å². The summed E-state index contributed by atoms with van der Waals surface area (Å²) in [6, 6.07) is -0.586. The summed E-state index contributed by atoms with van der Waals surface area (Å²) >= 11 is 0. The molecule has 0 bridgehead atoms. The van der Waals surface area contributed by atoms with E-state index in [4.69, 9.17) is 11.1 Å². The van der Waals surface area contributed by atoms with Gasteiger partial charge in [0.25, 0.3) is 0 Å². The molecule has 0 saturated heterocycles. The molecular weight excluding hydrogens is 248 g/mol. The van der Waals surface area contributed by atoms with Gasteiger partial charge in [0.1, 0.15) is 0 Å². The van der Waals surface area contributed by atoms with E-state index in [1.165, 1.54) is 6.92 Å². The van der Waals surface area contributed by atoms with Crippen molar-refractivity contribution >= 4 is 22.1 Å². The van der Waals surface area contributed by atoms with Crippen molar-refractivity contribution in [2.45, 2.75) is 39.3 Å². The quantitative estimate of drug-likeness (QED) is 0.385. The maximum Gasteiger partial charge on any atom is 0.422 e. The van der Waals surface area contributed by atoms with Gasteiger partial charge in [-0.2, -0.15) is 13.1 Å². The molecular formula is C8H18N4O4S. The fraction of sp³-hybridized carbons (Fsp3) is 0.750. The molecule has 8 nitrogen and oxygen atoms in total. The van der Waals surface area contributed by atoms with Gasteiger partial charge in [0.05, 0.1) is 11.9 Å². The first-order valence-electron chi connectivity index (χ1n) is 4.96.